The Morgan fingerprint density at radius 2 is 1.73 bits per heavy atom. The maximum Gasteiger partial charge on any atom is 0.241 e. The summed E-state index contributed by atoms with van der Waals surface area (Å²) in [6, 6.07) is 14.0. The van der Waals surface area contributed by atoms with Crippen molar-refractivity contribution < 1.29 is 13.2 Å². The normalized spacial score (nSPS) is 12.0. The largest absolute Gasteiger partial charge is 0.326 e. The van der Waals surface area contributed by atoms with Gasteiger partial charge in [0.1, 0.15) is 0 Å². The third-order valence-corrected chi connectivity index (χ3v) is 5.69. The molecule has 1 amide bonds. The fourth-order valence-electron chi connectivity index (χ4n) is 2.34. The van der Waals surface area contributed by atoms with Crippen LogP contribution >= 0.6 is 15.9 Å². The second-order valence-corrected chi connectivity index (χ2v) is 9.66. The lowest BCUT2D eigenvalue weighted by atomic mass is 10.1. The molecular formula is C19H23BrN2O3S. The first kappa shape index (κ1) is 20.6. The topological polar surface area (TPSA) is 75.3 Å². The number of benzene rings is 2. The van der Waals surface area contributed by atoms with E-state index in [0.29, 0.717) is 12.8 Å². The number of nitrogens with one attached hydrogen (secondary N) is 2. The minimum absolute atomic E-state index is 0.0887. The Morgan fingerprint density at radius 3 is 2.31 bits per heavy atom. The summed E-state index contributed by atoms with van der Waals surface area (Å²) in [7, 11) is -3.54. The Hall–Kier alpha value is -1.70. The minimum Gasteiger partial charge on any atom is -0.326 e. The highest BCUT2D eigenvalue weighted by Gasteiger charge is 2.21. The summed E-state index contributed by atoms with van der Waals surface area (Å²) in [5, 5.41) is 2.84. The Bertz CT molecular complexity index is 872. The standard InChI is InChI=1S/C19H23BrN2O3S/c1-19(2,3)22-26(24,25)17-10-7-14(8-11-17)9-12-18(23)21-16-6-4-5-15(20)13-16/h4-8,10-11,13,22H,9,12H2,1-3H3,(H,21,23). The molecule has 0 bridgehead atoms. The van der Waals surface area contributed by atoms with Crippen molar-refractivity contribution in [2.45, 2.75) is 44.0 Å². The van der Waals surface area contributed by atoms with E-state index in [1.54, 1.807) is 45.0 Å². The minimum atomic E-state index is -3.54. The lowest BCUT2D eigenvalue weighted by Crippen LogP contribution is -2.40. The molecule has 0 saturated carbocycles. The molecule has 0 aliphatic rings. The van der Waals surface area contributed by atoms with Gasteiger partial charge < -0.3 is 5.32 Å². The molecule has 0 atom stereocenters. The van der Waals surface area contributed by atoms with Crippen molar-refractivity contribution in [2.75, 3.05) is 5.32 Å². The smallest absolute Gasteiger partial charge is 0.241 e. The number of rotatable bonds is 6. The summed E-state index contributed by atoms with van der Waals surface area (Å²) in [5.41, 5.74) is 1.10. The first-order valence-corrected chi connectivity index (χ1v) is 10.5. The number of hydrogen-bond donors (Lipinski definition) is 2. The highest BCUT2D eigenvalue weighted by Crippen LogP contribution is 2.17. The molecule has 2 N–H and O–H groups in total. The van der Waals surface area contributed by atoms with Crippen molar-refractivity contribution in [2.24, 2.45) is 0 Å². The zero-order valence-corrected chi connectivity index (χ0v) is 17.4. The van der Waals surface area contributed by atoms with Crippen LogP contribution in [0.5, 0.6) is 0 Å². The zero-order chi connectivity index (χ0) is 19.4. The van der Waals surface area contributed by atoms with E-state index in [2.05, 4.69) is 26.0 Å². The van der Waals surface area contributed by atoms with Crippen LogP contribution in [0.15, 0.2) is 57.9 Å². The third kappa shape index (κ3) is 6.55. The predicted octanol–water partition coefficient (Wildman–Crippen LogP) is 4.10. The molecule has 140 valence electrons. The number of halogens is 1. The molecule has 0 aromatic heterocycles. The van der Waals surface area contributed by atoms with Crippen LogP contribution in [0.3, 0.4) is 0 Å². The quantitative estimate of drug-likeness (QED) is 0.712. The van der Waals surface area contributed by atoms with Crippen LogP contribution < -0.4 is 10.0 Å². The average Bonchev–Trinajstić information content (AvgIpc) is 2.51. The fraction of sp³-hybridized carbons (Fsp3) is 0.316. The van der Waals surface area contributed by atoms with Crippen molar-refractivity contribution in [3.63, 3.8) is 0 Å². The second kappa shape index (κ2) is 8.33. The molecule has 0 fully saturated rings. The van der Waals surface area contributed by atoms with E-state index in [1.165, 1.54) is 0 Å². The van der Waals surface area contributed by atoms with Gasteiger partial charge in [0, 0.05) is 22.1 Å². The van der Waals surface area contributed by atoms with Gasteiger partial charge in [0.2, 0.25) is 15.9 Å². The maximum absolute atomic E-state index is 12.3. The second-order valence-electron chi connectivity index (χ2n) is 7.06. The monoisotopic (exact) mass is 438 g/mol. The molecule has 26 heavy (non-hydrogen) atoms. The van der Waals surface area contributed by atoms with E-state index >= 15 is 0 Å². The SMILES string of the molecule is CC(C)(C)NS(=O)(=O)c1ccc(CCC(=O)Nc2cccc(Br)c2)cc1. The molecule has 5 nitrogen and oxygen atoms in total. The van der Waals surface area contributed by atoms with Gasteiger partial charge in [-0.3, -0.25) is 4.79 Å². The Kier molecular flexibility index (Phi) is 6.60. The zero-order valence-electron chi connectivity index (χ0n) is 15.0. The van der Waals surface area contributed by atoms with Gasteiger partial charge in [-0.25, -0.2) is 13.1 Å². The van der Waals surface area contributed by atoms with Gasteiger partial charge in [0.25, 0.3) is 0 Å². The summed E-state index contributed by atoms with van der Waals surface area (Å²) >= 11 is 3.36. The number of aryl methyl sites for hydroxylation is 1. The number of carbonyl (C=O) groups excluding carboxylic acids is 1. The number of hydrogen-bond acceptors (Lipinski definition) is 3. The highest BCUT2D eigenvalue weighted by atomic mass is 79.9. The Morgan fingerprint density at radius 1 is 1.08 bits per heavy atom. The van der Waals surface area contributed by atoms with E-state index in [0.717, 1.165) is 15.7 Å². The highest BCUT2D eigenvalue weighted by molar-refractivity contribution is 9.10. The maximum atomic E-state index is 12.3. The number of sulfonamides is 1. The summed E-state index contributed by atoms with van der Waals surface area (Å²) in [6.07, 6.45) is 0.853. The molecule has 0 saturated heterocycles. The molecule has 7 heteroatoms. The lowest BCUT2D eigenvalue weighted by molar-refractivity contribution is -0.116. The van der Waals surface area contributed by atoms with Crippen molar-refractivity contribution >= 4 is 37.5 Å². The van der Waals surface area contributed by atoms with Crippen LogP contribution in [0.4, 0.5) is 5.69 Å². The Balaban J connectivity index is 1.94. The van der Waals surface area contributed by atoms with Gasteiger partial charge >= 0.3 is 0 Å². The van der Waals surface area contributed by atoms with Crippen LogP contribution in [0, 0.1) is 0 Å². The van der Waals surface area contributed by atoms with Gasteiger partial charge in [-0.2, -0.15) is 0 Å². The van der Waals surface area contributed by atoms with E-state index < -0.39 is 15.6 Å². The lowest BCUT2D eigenvalue weighted by Gasteiger charge is -2.20. The molecule has 0 spiro atoms. The molecule has 0 aliphatic heterocycles. The van der Waals surface area contributed by atoms with Crippen LogP contribution in [0.25, 0.3) is 0 Å². The Labute approximate surface area is 163 Å². The molecule has 0 radical (unpaired) electrons. The van der Waals surface area contributed by atoms with Crippen LogP contribution in [0.1, 0.15) is 32.8 Å². The van der Waals surface area contributed by atoms with Gasteiger partial charge in [0.15, 0.2) is 0 Å². The summed E-state index contributed by atoms with van der Waals surface area (Å²) < 4.78 is 28.1. The van der Waals surface area contributed by atoms with Crippen LogP contribution in [-0.4, -0.2) is 19.9 Å². The molecule has 2 aromatic carbocycles. The number of amides is 1. The van der Waals surface area contributed by atoms with Crippen molar-refractivity contribution in [3.05, 3.63) is 58.6 Å². The van der Waals surface area contributed by atoms with Gasteiger partial charge in [-0.15, -0.1) is 0 Å². The number of anilines is 1. The third-order valence-electron chi connectivity index (χ3n) is 3.42. The molecule has 0 unspecified atom stereocenters. The fourth-order valence-corrected chi connectivity index (χ4v) is 4.16. The van der Waals surface area contributed by atoms with E-state index in [1.807, 2.05) is 24.3 Å². The van der Waals surface area contributed by atoms with Gasteiger partial charge in [-0.1, -0.05) is 34.1 Å². The first-order chi connectivity index (χ1) is 12.0. The van der Waals surface area contributed by atoms with Gasteiger partial charge in [-0.05, 0) is 63.1 Å². The van der Waals surface area contributed by atoms with Crippen LogP contribution in [0.2, 0.25) is 0 Å². The number of carbonyl (C=O) groups is 1. The van der Waals surface area contributed by atoms with E-state index in [-0.39, 0.29) is 10.8 Å². The van der Waals surface area contributed by atoms with Gasteiger partial charge in [0.05, 0.1) is 4.90 Å². The molecule has 2 rings (SSSR count). The predicted molar refractivity (Wildman–Crippen MR) is 108 cm³/mol. The van der Waals surface area contributed by atoms with E-state index in [4.69, 9.17) is 0 Å². The summed E-state index contributed by atoms with van der Waals surface area (Å²) in [6.45, 7) is 5.38. The molecule has 0 aliphatic carbocycles. The van der Waals surface area contributed by atoms with Crippen molar-refractivity contribution in [3.8, 4) is 0 Å². The first-order valence-electron chi connectivity index (χ1n) is 8.23. The van der Waals surface area contributed by atoms with Crippen LogP contribution in [-0.2, 0) is 21.2 Å². The van der Waals surface area contributed by atoms with Crippen molar-refractivity contribution in [1.82, 2.24) is 4.72 Å². The molecule has 0 heterocycles. The molecule has 2 aromatic rings. The van der Waals surface area contributed by atoms with Crippen molar-refractivity contribution in [1.29, 1.82) is 0 Å². The average molecular weight is 439 g/mol. The van der Waals surface area contributed by atoms with E-state index in [9.17, 15) is 13.2 Å². The summed E-state index contributed by atoms with van der Waals surface area (Å²) in [5.74, 6) is -0.0887. The summed E-state index contributed by atoms with van der Waals surface area (Å²) in [4.78, 5) is 12.3. The molecular weight excluding hydrogens is 416 g/mol.